The molecule has 0 N–H and O–H groups in total. The monoisotopic (exact) mass is 684 g/mol. The topological polar surface area (TPSA) is 9.86 Å². The largest absolute Gasteiger partial charge is 0.309 e. The second-order valence-corrected chi connectivity index (χ2v) is 14.5. The lowest BCUT2D eigenvalue weighted by Crippen LogP contribution is -1.97. The molecular formula is C52H32N2. The van der Waals surface area contributed by atoms with E-state index >= 15 is 0 Å². The zero-order chi connectivity index (χ0) is 35.3. The summed E-state index contributed by atoms with van der Waals surface area (Å²) < 4.78 is 4.84. The van der Waals surface area contributed by atoms with Crippen molar-refractivity contribution in [3.05, 3.63) is 194 Å². The molecule has 0 radical (unpaired) electrons. The van der Waals surface area contributed by atoms with E-state index in [0.29, 0.717) is 0 Å². The average molecular weight is 685 g/mol. The van der Waals surface area contributed by atoms with Gasteiger partial charge in [-0.15, -0.1) is 0 Å². The van der Waals surface area contributed by atoms with Crippen LogP contribution in [0, 0.1) is 0 Å². The van der Waals surface area contributed by atoms with E-state index in [1.165, 1.54) is 110 Å². The van der Waals surface area contributed by atoms with Crippen molar-refractivity contribution < 1.29 is 0 Å². The van der Waals surface area contributed by atoms with Crippen molar-refractivity contribution in [1.82, 2.24) is 9.13 Å². The molecule has 0 saturated heterocycles. The van der Waals surface area contributed by atoms with Crippen molar-refractivity contribution in [3.63, 3.8) is 0 Å². The lowest BCUT2D eigenvalue weighted by atomic mass is 9.93. The van der Waals surface area contributed by atoms with E-state index in [-0.39, 0.29) is 0 Å². The number of benzene rings is 9. The first kappa shape index (κ1) is 29.4. The van der Waals surface area contributed by atoms with Crippen LogP contribution in [0.15, 0.2) is 194 Å². The highest BCUT2D eigenvalue weighted by Gasteiger charge is 2.25. The van der Waals surface area contributed by atoms with Gasteiger partial charge < -0.3 is 9.13 Å². The average Bonchev–Trinajstić information content (AvgIpc) is 3.88. The molecule has 12 rings (SSSR count). The fourth-order valence-corrected chi connectivity index (χ4v) is 9.38. The van der Waals surface area contributed by atoms with Crippen LogP contribution in [0.3, 0.4) is 0 Å². The Balaban J connectivity index is 1.01. The molecule has 0 aliphatic heterocycles. The van der Waals surface area contributed by atoms with E-state index in [1.54, 1.807) is 0 Å². The Kier molecular flexibility index (Phi) is 6.09. The van der Waals surface area contributed by atoms with Crippen LogP contribution in [-0.2, 0) is 0 Å². The van der Waals surface area contributed by atoms with Gasteiger partial charge in [0.2, 0.25) is 0 Å². The van der Waals surface area contributed by atoms with Gasteiger partial charge in [-0.1, -0.05) is 146 Å². The molecule has 0 unspecified atom stereocenters. The van der Waals surface area contributed by atoms with E-state index in [4.69, 9.17) is 0 Å². The third kappa shape index (κ3) is 4.05. The summed E-state index contributed by atoms with van der Waals surface area (Å²) in [5, 5.41) is 7.71. The minimum atomic E-state index is 1.17. The molecule has 2 nitrogen and oxygen atoms in total. The smallest absolute Gasteiger partial charge is 0.0541 e. The van der Waals surface area contributed by atoms with Gasteiger partial charge in [-0.2, -0.15) is 0 Å². The number of rotatable bonds is 4. The van der Waals surface area contributed by atoms with Crippen molar-refractivity contribution in [3.8, 4) is 55.9 Å². The lowest BCUT2D eigenvalue weighted by Gasteiger charge is -2.16. The van der Waals surface area contributed by atoms with Crippen molar-refractivity contribution in [2.45, 2.75) is 0 Å². The van der Waals surface area contributed by atoms with Gasteiger partial charge in [-0.05, 0) is 98.2 Å². The molecule has 0 spiro atoms. The molecule has 11 aromatic rings. The van der Waals surface area contributed by atoms with E-state index in [1.807, 2.05) is 0 Å². The van der Waals surface area contributed by atoms with Gasteiger partial charge in [0, 0.05) is 32.8 Å². The lowest BCUT2D eigenvalue weighted by molar-refractivity contribution is 1.18. The Morgan fingerprint density at radius 2 is 0.741 bits per heavy atom. The molecule has 9 aromatic carbocycles. The molecule has 0 amide bonds. The summed E-state index contributed by atoms with van der Waals surface area (Å²) in [5.41, 5.74) is 17.4. The molecule has 2 heterocycles. The summed E-state index contributed by atoms with van der Waals surface area (Å²) in [6.45, 7) is 0. The maximum Gasteiger partial charge on any atom is 0.0541 e. The normalized spacial score (nSPS) is 12.1. The van der Waals surface area contributed by atoms with E-state index in [0.717, 1.165) is 0 Å². The van der Waals surface area contributed by atoms with Gasteiger partial charge >= 0.3 is 0 Å². The molecule has 0 saturated carbocycles. The van der Waals surface area contributed by atoms with Gasteiger partial charge in [-0.25, -0.2) is 0 Å². The van der Waals surface area contributed by atoms with E-state index in [2.05, 4.69) is 203 Å². The van der Waals surface area contributed by atoms with Crippen molar-refractivity contribution in [2.75, 3.05) is 0 Å². The van der Waals surface area contributed by atoms with Gasteiger partial charge in [0.25, 0.3) is 0 Å². The first-order valence-electron chi connectivity index (χ1n) is 18.7. The van der Waals surface area contributed by atoms with Crippen molar-refractivity contribution in [2.24, 2.45) is 0 Å². The minimum absolute atomic E-state index is 1.17. The van der Waals surface area contributed by atoms with Crippen LogP contribution in [0.2, 0.25) is 0 Å². The number of fused-ring (bicyclic) bond motifs is 9. The van der Waals surface area contributed by atoms with Gasteiger partial charge in [0.1, 0.15) is 0 Å². The van der Waals surface area contributed by atoms with Crippen LogP contribution in [0.1, 0.15) is 0 Å². The molecule has 250 valence electrons. The van der Waals surface area contributed by atoms with Crippen LogP contribution >= 0.6 is 0 Å². The predicted molar refractivity (Wildman–Crippen MR) is 228 cm³/mol. The number of nitrogens with zero attached hydrogens (tertiary/aromatic N) is 2. The molecule has 2 heteroatoms. The van der Waals surface area contributed by atoms with Crippen LogP contribution in [0.5, 0.6) is 0 Å². The maximum absolute atomic E-state index is 2.44. The Bertz CT molecular complexity index is 3230. The summed E-state index contributed by atoms with van der Waals surface area (Å²) in [4.78, 5) is 0. The van der Waals surface area contributed by atoms with Crippen LogP contribution < -0.4 is 0 Å². The molecule has 2 aromatic heterocycles. The Morgan fingerprint density at radius 3 is 1.43 bits per heavy atom. The second-order valence-electron chi connectivity index (χ2n) is 14.5. The third-order valence-corrected chi connectivity index (χ3v) is 11.7. The number of aromatic nitrogens is 2. The summed E-state index contributed by atoms with van der Waals surface area (Å²) in [6, 6.07) is 71.4. The van der Waals surface area contributed by atoms with Gasteiger partial charge in [-0.3, -0.25) is 0 Å². The van der Waals surface area contributed by atoms with Crippen LogP contribution in [-0.4, -0.2) is 9.13 Å². The zero-order valence-electron chi connectivity index (χ0n) is 29.4. The van der Waals surface area contributed by atoms with Crippen molar-refractivity contribution >= 4 is 54.4 Å². The fraction of sp³-hybridized carbons (Fsp3) is 0. The fourth-order valence-electron chi connectivity index (χ4n) is 9.38. The highest BCUT2D eigenvalue weighted by atomic mass is 15.0. The summed E-state index contributed by atoms with van der Waals surface area (Å²) in [5.74, 6) is 0. The first-order chi connectivity index (χ1) is 26.8. The van der Waals surface area contributed by atoms with Crippen LogP contribution in [0.25, 0.3) is 110 Å². The van der Waals surface area contributed by atoms with Crippen LogP contribution in [0.4, 0.5) is 0 Å². The van der Waals surface area contributed by atoms with Gasteiger partial charge in [0.05, 0.1) is 27.8 Å². The van der Waals surface area contributed by atoms with Gasteiger partial charge in [0.15, 0.2) is 0 Å². The highest BCUT2D eigenvalue weighted by Crippen LogP contribution is 2.51. The molecule has 1 aliphatic rings. The molecule has 0 bridgehead atoms. The minimum Gasteiger partial charge on any atom is -0.309 e. The standard InChI is InChI=1S/C52H32N2/c1-8-24-49(54-50-25-9-4-18-41(50)42-19-5-10-26-51(42)54)38(15-1)36-29-30-45-46-32-34(27-28-37(46)44-21-12-20-43(36)52(44)45)33-13-11-14-35(31-33)53-47-22-6-2-16-39(47)40-17-3-7-23-48(40)53/h1-32H. The Morgan fingerprint density at radius 1 is 0.259 bits per heavy atom. The number of hydrogen-bond donors (Lipinski definition) is 0. The third-order valence-electron chi connectivity index (χ3n) is 11.7. The molecule has 0 atom stereocenters. The first-order valence-corrected chi connectivity index (χ1v) is 18.7. The molecule has 54 heavy (non-hydrogen) atoms. The van der Waals surface area contributed by atoms with E-state index < -0.39 is 0 Å². The molecular weight excluding hydrogens is 653 g/mol. The SMILES string of the molecule is c1cc(-c2ccc3c(c2)-c2ccc(-c4ccccc4-n4c5ccccc5c5ccccc54)c4cccc-3c24)cc(-n2c3ccccc3c3ccccc32)c1. The summed E-state index contributed by atoms with van der Waals surface area (Å²) in [6.07, 6.45) is 0. The summed E-state index contributed by atoms with van der Waals surface area (Å²) in [7, 11) is 0. The number of hydrogen-bond acceptors (Lipinski definition) is 0. The Labute approximate surface area is 312 Å². The molecule has 0 fully saturated rings. The van der Waals surface area contributed by atoms with E-state index in [9.17, 15) is 0 Å². The van der Waals surface area contributed by atoms with Crippen molar-refractivity contribution in [1.29, 1.82) is 0 Å². The Hall–Kier alpha value is -7.16. The molecule has 1 aliphatic carbocycles. The maximum atomic E-state index is 2.44. The predicted octanol–water partition coefficient (Wildman–Crippen LogP) is 14.0. The zero-order valence-corrected chi connectivity index (χ0v) is 29.4. The second kappa shape index (κ2) is 11.2. The summed E-state index contributed by atoms with van der Waals surface area (Å²) >= 11 is 0. The quantitative estimate of drug-likeness (QED) is 0.175. The number of para-hydroxylation sites is 5. The highest BCUT2D eigenvalue weighted by molar-refractivity contribution is 6.20.